The van der Waals surface area contributed by atoms with Crippen molar-refractivity contribution in [1.82, 2.24) is 0 Å². The highest BCUT2D eigenvalue weighted by molar-refractivity contribution is 7.80. The Morgan fingerprint density at radius 3 is 1.82 bits per heavy atom. The van der Waals surface area contributed by atoms with Crippen molar-refractivity contribution in [3.63, 3.8) is 0 Å². The van der Waals surface area contributed by atoms with Crippen LogP contribution in [0.4, 0.5) is 4.39 Å². The third kappa shape index (κ3) is 3.03. The molecule has 0 N–H and O–H groups in total. The Kier molecular flexibility index (Phi) is 4.50. The summed E-state index contributed by atoms with van der Waals surface area (Å²) in [5.74, 6) is 0.482. The van der Waals surface area contributed by atoms with E-state index in [2.05, 4.69) is 24.3 Å². The fourth-order valence-corrected chi connectivity index (χ4v) is 4.85. The number of hydrogen-bond acceptors (Lipinski definition) is 1. The van der Waals surface area contributed by atoms with Crippen LogP contribution in [0, 0.1) is 5.82 Å². The van der Waals surface area contributed by atoms with Crippen LogP contribution in [0.25, 0.3) is 0 Å². The lowest BCUT2D eigenvalue weighted by Gasteiger charge is -2.21. The van der Waals surface area contributed by atoms with Crippen molar-refractivity contribution in [3.05, 3.63) is 84.7 Å². The highest BCUT2D eigenvalue weighted by atomic mass is 31.1. The van der Waals surface area contributed by atoms with E-state index in [1.165, 1.54) is 16.7 Å². The van der Waals surface area contributed by atoms with Crippen molar-refractivity contribution in [1.29, 1.82) is 0 Å². The molecule has 0 amide bonds. The molecule has 3 heteroatoms. The highest BCUT2D eigenvalue weighted by Crippen LogP contribution is 2.36. The number of hydrogen-bond donors (Lipinski definition) is 0. The van der Waals surface area contributed by atoms with E-state index in [1.54, 1.807) is 19.2 Å². The van der Waals surface area contributed by atoms with Gasteiger partial charge in [0, 0.05) is 5.30 Å². The van der Waals surface area contributed by atoms with Gasteiger partial charge in [-0.2, -0.15) is 0 Å². The van der Waals surface area contributed by atoms with Crippen LogP contribution in [-0.2, 0) is 0 Å². The summed E-state index contributed by atoms with van der Waals surface area (Å²) in [6.45, 7) is 0. The van der Waals surface area contributed by atoms with Crippen LogP contribution < -0.4 is 20.7 Å². The molecule has 0 atom stereocenters. The van der Waals surface area contributed by atoms with Crippen LogP contribution in [-0.4, -0.2) is 7.11 Å². The van der Waals surface area contributed by atoms with Gasteiger partial charge in [0.15, 0.2) is 0 Å². The molecule has 110 valence electrons. The van der Waals surface area contributed by atoms with Gasteiger partial charge in [0.2, 0.25) is 0 Å². The van der Waals surface area contributed by atoms with Crippen LogP contribution in [0.2, 0.25) is 0 Å². The molecular weight excluding hydrogens is 294 g/mol. The number of methoxy groups -OCH3 is 1. The number of benzene rings is 3. The second kappa shape index (κ2) is 6.72. The smallest absolute Gasteiger partial charge is 0.127 e. The molecule has 0 spiro atoms. The molecule has 0 aliphatic heterocycles. The van der Waals surface area contributed by atoms with Gasteiger partial charge >= 0.3 is 0 Å². The first-order valence-corrected chi connectivity index (χ1v) is 8.37. The van der Waals surface area contributed by atoms with Gasteiger partial charge in [-0.05, 0) is 36.7 Å². The first kappa shape index (κ1) is 14.7. The molecule has 0 heterocycles. The second-order valence-electron chi connectivity index (χ2n) is 4.82. The number of ether oxygens (including phenoxy) is 1. The first-order chi connectivity index (χ1) is 10.8. The van der Waals surface area contributed by atoms with E-state index in [4.69, 9.17) is 4.74 Å². The van der Waals surface area contributed by atoms with E-state index in [0.29, 0.717) is 0 Å². The molecule has 3 aromatic rings. The van der Waals surface area contributed by atoms with Crippen molar-refractivity contribution in [2.75, 3.05) is 7.11 Å². The molecule has 0 aliphatic carbocycles. The second-order valence-corrected chi connectivity index (χ2v) is 7.01. The molecule has 3 aromatic carbocycles. The zero-order valence-corrected chi connectivity index (χ0v) is 13.1. The van der Waals surface area contributed by atoms with Crippen molar-refractivity contribution < 1.29 is 9.13 Å². The van der Waals surface area contributed by atoms with Gasteiger partial charge in [-0.15, -0.1) is 0 Å². The van der Waals surface area contributed by atoms with Crippen LogP contribution in [0.1, 0.15) is 0 Å². The summed E-state index contributed by atoms with van der Waals surface area (Å²) in [6.07, 6.45) is 0. The van der Waals surface area contributed by atoms with E-state index in [9.17, 15) is 4.39 Å². The summed E-state index contributed by atoms with van der Waals surface area (Å²) in [5, 5.41) is 3.25. The topological polar surface area (TPSA) is 9.23 Å². The lowest BCUT2D eigenvalue weighted by Crippen LogP contribution is -2.22. The minimum Gasteiger partial charge on any atom is -0.496 e. The highest BCUT2D eigenvalue weighted by Gasteiger charge is 2.20. The molecule has 0 radical (unpaired) electrons. The van der Waals surface area contributed by atoms with Gasteiger partial charge in [0.05, 0.1) is 7.11 Å². The van der Waals surface area contributed by atoms with Gasteiger partial charge in [-0.3, -0.25) is 0 Å². The van der Waals surface area contributed by atoms with Gasteiger partial charge < -0.3 is 4.74 Å². The standard InChI is InChI=1S/C19H16FOP/c1-21-18-13-12-15(20)14-19(18)22(16-8-4-2-5-9-16)17-10-6-3-7-11-17/h2-14H,1H3. The average molecular weight is 310 g/mol. The normalized spacial score (nSPS) is 10.7. The van der Waals surface area contributed by atoms with E-state index in [0.717, 1.165) is 11.1 Å². The third-order valence-corrected chi connectivity index (χ3v) is 5.87. The fourth-order valence-electron chi connectivity index (χ4n) is 2.42. The molecular formula is C19H16FOP. The van der Waals surface area contributed by atoms with Crippen molar-refractivity contribution in [2.45, 2.75) is 0 Å². The molecule has 0 saturated carbocycles. The first-order valence-electron chi connectivity index (χ1n) is 7.03. The van der Waals surface area contributed by atoms with E-state index in [-0.39, 0.29) is 5.82 Å². The summed E-state index contributed by atoms with van der Waals surface area (Å²) in [6, 6.07) is 25.1. The summed E-state index contributed by atoms with van der Waals surface area (Å²) in [4.78, 5) is 0. The summed E-state index contributed by atoms with van der Waals surface area (Å²) in [5.41, 5.74) is 0. The third-order valence-electron chi connectivity index (χ3n) is 3.41. The molecule has 0 fully saturated rings. The maximum Gasteiger partial charge on any atom is 0.127 e. The predicted octanol–water partition coefficient (Wildman–Crippen LogP) is 3.59. The molecule has 0 bridgehead atoms. The summed E-state index contributed by atoms with van der Waals surface area (Å²) in [7, 11) is 0.771. The largest absolute Gasteiger partial charge is 0.496 e. The van der Waals surface area contributed by atoms with Gasteiger partial charge in [0.1, 0.15) is 11.6 Å². The SMILES string of the molecule is COc1ccc(F)cc1P(c1ccccc1)c1ccccc1. The van der Waals surface area contributed by atoms with Gasteiger partial charge in [-0.1, -0.05) is 60.7 Å². The Bertz CT molecular complexity index is 704. The molecule has 3 rings (SSSR count). The van der Waals surface area contributed by atoms with Crippen LogP contribution >= 0.6 is 7.92 Å². The Morgan fingerprint density at radius 1 is 0.773 bits per heavy atom. The molecule has 0 aromatic heterocycles. The predicted molar refractivity (Wildman–Crippen MR) is 91.7 cm³/mol. The Labute approximate surface area is 131 Å². The lowest BCUT2D eigenvalue weighted by molar-refractivity contribution is 0.417. The molecule has 1 nitrogen and oxygen atoms in total. The van der Waals surface area contributed by atoms with E-state index < -0.39 is 7.92 Å². The maximum atomic E-state index is 13.8. The molecule has 0 saturated heterocycles. The summed E-state index contributed by atoms with van der Waals surface area (Å²) >= 11 is 0. The monoisotopic (exact) mass is 310 g/mol. The Morgan fingerprint density at radius 2 is 1.32 bits per heavy atom. The Balaban J connectivity index is 2.21. The van der Waals surface area contributed by atoms with Gasteiger partial charge in [0.25, 0.3) is 0 Å². The minimum absolute atomic E-state index is 0.241. The van der Waals surface area contributed by atoms with Crippen molar-refractivity contribution in [3.8, 4) is 5.75 Å². The average Bonchev–Trinajstić information content (AvgIpc) is 2.57. The van der Waals surface area contributed by atoms with Crippen LogP contribution in [0.5, 0.6) is 5.75 Å². The van der Waals surface area contributed by atoms with Crippen LogP contribution in [0.15, 0.2) is 78.9 Å². The number of halogens is 1. The quantitative estimate of drug-likeness (QED) is 0.669. The molecule has 22 heavy (non-hydrogen) atoms. The molecule has 0 aliphatic rings. The zero-order chi connectivity index (χ0) is 15.4. The minimum atomic E-state index is -0.854. The fraction of sp³-hybridized carbons (Fsp3) is 0.0526. The van der Waals surface area contributed by atoms with Crippen molar-refractivity contribution >= 4 is 23.8 Å². The maximum absolute atomic E-state index is 13.8. The van der Waals surface area contributed by atoms with Crippen LogP contribution in [0.3, 0.4) is 0 Å². The van der Waals surface area contributed by atoms with Crippen molar-refractivity contribution in [2.24, 2.45) is 0 Å². The lowest BCUT2D eigenvalue weighted by atomic mass is 10.3. The summed E-state index contributed by atoms with van der Waals surface area (Å²) < 4.78 is 19.3. The Hall–Kier alpha value is -2.18. The number of rotatable bonds is 4. The van der Waals surface area contributed by atoms with Gasteiger partial charge in [-0.25, -0.2) is 4.39 Å². The van der Waals surface area contributed by atoms with E-state index in [1.807, 2.05) is 36.4 Å². The van der Waals surface area contributed by atoms with E-state index >= 15 is 0 Å². The molecule has 0 unspecified atom stereocenters. The zero-order valence-electron chi connectivity index (χ0n) is 12.2.